The first-order valence-corrected chi connectivity index (χ1v) is 7.35. The molecule has 0 aliphatic heterocycles. The maximum absolute atomic E-state index is 12.0. The monoisotopic (exact) mass is 353 g/mol. The van der Waals surface area contributed by atoms with E-state index in [0.29, 0.717) is 5.75 Å². The first-order valence-electron chi connectivity index (χ1n) is 6.56. The van der Waals surface area contributed by atoms with Crippen LogP contribution in [0.2, 0.25) is 0 Å². The smallest absolute Gasteiger partial charge is 0.392 e. The normalized spacial score (nSPS) is 13.3. The highest BCUT2D eigenvalue weighted by molar-refractivity contribution is 9.10. The lowest BCUT2D eigenvalue weighted by molar-refractivity contribution is -0.139. The SMILES string of the molecule is CCCNC(C)c1ccc(OCCC(F)(F)F)cc1Br. The van der Waals surface area contributed by atoms with Crippen LogP contribution in [0.5, 0.6) is 5.75 Å². The molecule has 1 N–H and O–H groups in total. The predicted molar refractivity (Wildman–Crippen MR) is 77.0 cm³/mol. The minimum atomic E-state index is -4.18. The van der Waals surface area contributed by atoms with Crippen molar-refractivity contribution in [3.8, 4) is 5.75 Å². The van der Waals surface area contributed by atoms with Crippen molar-refractivity contribution < 1.29 is 17.9 Å². The molecule has 0 fully saturated rings. The molecule has 114 valence electrons. The lowest BCUT2D eigenvalue weighted by Crippen LogP contribution is -2.19. The molecule has 0 saturated heterocycles. The van der Waals surface area contributed by atoms with Crippen molar-refractivity contribution in [2.24, 2.45) is 0 Å². The van der Waals surface area contributed by atoms with Gasteiger partial charge in [-0.2, -0.15) is 13.2 Å². The number of alkyl halides is 3. The Bertz CT molecular complexity index is 423. The van der Waals surface area contributed by atoms with Crippen molar-refractivity contribution >= 4 is 15.9 Å². The van der Waals surface area contributed by atoms with Gasteiger partial charge in [0.1, 0.15) is 5.75 Å². The van der Waals surface area contributed by atoms with E-state index in [2.05, 4.69) is 28.2 Å². The summed E-state index contributed by atoms with van der Waals surface area (Å²) in [7, 11) is 0. The second-order valence-corrected chi connectivity index (χ2v) is 5.43. The molecule has 1 atom stereocenters. The van der Waals surface area contributed by atoms with E-state index in [1.165, 1.54) is 0 Å². The summed E-state index contributed by atoms with van der Waals surface area (Å²) in [5.41, 5.74) is 1.06. The van der Waals surface area contributed by atoms with Crippen LogP contribution in [0.3, 0.4) is 0 Å². The third kappa shape index (κ3) is 6.13. The van der Waals surface area contributed by atoms with E-state index in [1.54, 1.807) is 12.1 Å². The summed E-state index contributed by atoms with van der Waals surface area (Å²) in [6, 6.07) is 5.44. The van der Waals surface area contributed by atoms with Crippen molar-refractivity contribution in [1.82, 2.24) is 5.32 Å². The minimum Gasteiger partial charge on any atom is -0.493 e. The second-order valence-electron chi connectivity index (χ2n) is 4.57. The number of benzene rings is 1. The van der Waals surface area contributed by atoms with Gasteiger partial charge in [-0.1, -0.05) is 28.9 Å². The fourth-order valence-corrected chi connectivity index (χ4v) is 2.41. The van der Waals surface area contributed by atoms with Crippen LogP contribution >= 0.6 is 15.9 Å². The Balaban J connectivity index is 2.59. The average Bonchev–Trinajstić information content (AvgIpc) is 2.34. The van der Waals surface area contributed by atoms with Gasteiger partial charge < -0.3 is 10.1 Å². The Labute approximate surface area is 125 Å². The summed E-state index contributed by atoms with van der Waals surface area (Å²) < 4.78 is 42.0. The summed E-state index contributed by atoms with van der Waals surface area (Å²) in [5.74, 6) is 0.438. The van der Waals surface area contributed by atoms with Crippen LogP contribution in [-0.4, -0.2) is 19.3 Å². The van der Waals surface area contributed by atoms with Crippen molar-refractivity contribution in [2.75, 3.05) is 13.2 Å². The number of ether oxygens (including phenoxy) is 1. The van der Waals surface area contributed by atoms with Gasteiger partial charge in [0.2, 0.25) is 0 Å². The van der Waals surface area contributed by atoms with Crippen LogP contribution in [-0.2, 0) is 0 Å². The van der Waals surface area contributed by atoms with Gasteiger partial charge in [-0.05, 0) is 37.6 Å². The highest BCUT2D eigenvalue weighted by Crippen LogP contribution is 2.28. The molecule has 1 aromatic rings. The first-order chi connectivity index (χ1) is 9.33. The Hall–Kier alpha value is -0.750. The molecule has 1 unspecified atom stereocenters. The van der Waals surface area contributed by atoms with Gasteiger partial charge in [0.15, 0.2) is 0 Å². The molecule has 1 aromatic carbocycles. The van der Waals surface area contributed by atoms with E-state index in [-0.39, 0.29) is 12.6 Å². The standard InChI is InChI=1S/C14H19BrF3NO/c1-3-7-19-10(2)12-5-4-11(9-13(12)15)20-8-6-14(16,17)18/h4-5,9-10,19H,3,6-8H2,1-2H3. The van der Waals surface area contributed by atoms with Crippen LogP contribution in [0.4, 0.5) is 13.2 Å². The fraction of sp³-hybridized carbons (Fsp3) is 0.571. The summed E-state index contributed by atoms with van der Waals surface area (Å²) >= 11 is 3.43. The zero-order valence-electron chi connectivity index (χ0n) is 11.6. The Morgan fingerprint density at radius 2 is 2.05 bits per heavy atom. The quantitative estimate of drug-likeness (QED) is 0.757. The predicted octanol–water partition coefficient (Wildman–Crippen LogP) is 4.84. The van der Waals surface area contributed by atoms with Gasteiger partial charge in [0.25, 0.3) is 0 Å². The minimum absolute atomic E-state index is 0.175. The van der Waals surface area contributed by atoms with Crippen LogP contribution in [0.15, 0.2) is 22.7 Å². The van der Waals surface area contributed by atoms with Gasteiger partial charge >= 0.3 is 6.18 Å². The highest BCUT2D eigenvalue weighted by atomic mass is 79.9. The summed E-state index contributed by atoms with van der Waals surface area (Å²) in [5, 5.41) is 3.35. The van der Waals surface area contributed by atoms with Crippen molar-refractivity contribution in [3.05, 3.63) is 28.2 Å². The summed E-state index contributed by atoms with van der Waals surface area (Å²) in [4.78, 5) is 0. The van der Waals surface area contributed by atoms with Crippen LogP contribution in [0, 0.1) is 0 Å². The molecular formula is C14H19BrF3NO. The van der Waals surface area contributed by atoms with E-state index in [1.807, 2.05) is 13.0 Å². The zero-order valence-corrected chi connectivity index (χ0v) is 13.1. The van der Waals surface area contributed by atoms with Crippen molar-refractivity contribution in [3.63, 3.8) is 0 Å². The van der Waals surface area contributed by atoms with E-state index in [9.17, 15) is 13.2 Å². The number of hydrogen-bond acceptors (Lipinski definition) is 2. The van der Waals surface area contributed by atoms with Crippen LogP contribution in [0.25, 0.3) is 0 Å². The molecule has 6 heteroatoms. The largest absolute Gasteiger partial charge is 0.493 e. The van der Waals surface area contributed by atoms with E-state index < -0.39 is 12.6 Å². The fourth-order valence-electron chi connectivity index (χ4n) is 1.70. The van der Waals surface area contributed by atoms with Crippen molar-refractivity contribution in [1.29, 1.82) is 0 Å². The Kier molecular flexibility index (Phi) is 6.82. The second kappa shape index (κ2) is 7.88. The third-order valence-electron chi connectivity index (χ3n) is 2.79. The molecule has 0 aliphatic carbocycles. The Morgan fingerprint density at radius 1 is 1.35 bits per heavy atom. The molecule has 2 nitrogen and oxygen atoms in total. The lowest BCUT2D eigenvalue weighted by Gasteiger charge is -2.16. The molecule has 0 bridgehead atoms. The Morgan fingerprint density at radius 3 is 2.60 bits per heavy atom. The molecule has 0 aliphatic rings. The molecule has 0 amide bonds. The van der Waals surface area contributed by atoms with Gasteiger partial charge in [-0.15, -0.1) is 0 Å². The number of nitrogens with one attached hydrogen (secondary N) is 1. The van der Waals surface area contributed by atoms with Gasteiger partial charge in [-0.3, -0.25) is 0 Å². The molecule has 0 radical (unpaired) electrons. The first kappa shape index (κ1) is 17.3. The van der Waals surface area contributed by atoms with Crippen LogP contribution in [0.1, 0.15) is 38.3 Å². The molecule has 20 heavy (non-hydrogen) atoms. The third-order valence-corrected chi connectivity index (χ3v) is 3.48. The number of rotatable bonds is 7. The van der Waals surface area contributed by atoms with Gasteiger partial charge in [0.05, 0.1) is 13.0 Å². The van der Waals surface area contributed by atoms with Crippen molar-refractivity contribution in [2.45, 2.75) is 38.9 Å². The number of halogens is 4. The van der Waals surface area contributed by atoms with Crippen LogP contribution < -0.4 is 10.1 Å². The summed E-state index contributed by atoms with van der Waals surface area (Å²) in [6.07, 6.45) is -4.09. The van der Waals surface area contributed by atoms with E-state index >= 15 is 0 Å². The van der Waals surface area contributed by atoms with Gasteiger partial charge in [0, 0.05) is 10.5 Å². The highest BCUT2D eigenvalue weighted by Gasteiger charge is 2.26. The molecule has 0 aromatic heterocycles. The topological polar surface area (TPSA) is 21.3 Å². The lowest BCUT2D eigenvalue weighted by atomic mass is 10.1. The zero-order chi connectivity index (χ0) is 15.2. The molecule has 0 spiro atoms. The van der Waals surface area contributed by atoms with E-state index in [0.717, 1.165) is 23.0 Å². The molecule has 1 rings (SSSR count). The van der Waals surface area contributed by atoms with E-state index in [4.69, 9.17) is 4.74 Å². The van der Waals surface area contributed by atoms with Gasteiger partial charge in [-0.25, -0.2) is 0 Å². The summed E-state index contributed by atoms with van der Waals surface area (Å²) in [6.45, 7) is 4.68. The maximum atomic E-state index is 12.0. The molecule has 0 heterocycles. The number of hydrogen-bond donors (Lipinski definition) is 1. The average molecular weight is 354 g/mol. The molecular weight excluding hydrogens is 335 g/mol. The maximum Gasteiger partial charge on any atom is 0.392 e. The molecule has 0 saturated carbocycles.